The Balaban J connectivity index is 1.89. The molecule has 2 N–H and O–H groups in total. The van der Waals surface area contributed by atoms with E-state index in [9.17, 15) is 13.2 Å². The highest BCUT2D eigenvalue weighted by molar-refractivity contribution is 5.88. The second kappa shape index (κ2) is 7.15. The van der Waals surface area contributed by atoms with Gasteiger partial charge < -0.3 is 10.5 Å². The van der Waals surface area contributed by atoms with Gasteiger partial charge in [-0.1, -0.05) is 30.3 Å². The minimum atomic E-state index is -1.27. The predicted molar refractivity (Wildman–Crippen MR) is 93.3 cm³/mol. The van der Waals surface area contributed by atoms with Crippen LogP contribution in [0.15, 0.2) is 72.1 Å². The smallest absolute Gasteiger partial charge is 0.161 e. The number of halogens is 3. The Hall–Kier alpha value is -2.53. The van der Waals surface area contributed by atoms with Crippen molar-refractivity contribution in [1.82, 2.24) is 0 Å². The summed E-state index contributed by atoms with van der Waals surface area (Å²) in [6, 6.07) is 11.1. The topological polar surface area (TPSA) is 35.2 Å². The van der Waals surface area contributed by atoms with E-state index in [0.29, 0.717) is 18.2 Å². The summed E-state index contributed by atoms with van der Waals surface area (Å²) >= 11 is 0. The Morgan fingerprint density at radius 1 is 1.12 bits per heavy atom. The molecular weight excluding hydrogens is 327 g/mol. The maximum absolute atomic E-state index is 14.0. The van der Waals surface area contributed by atoms with Gasteiger partial charge >= 0.3 is 0 Å². The number of rotatable bonds is 3. The molecule has 2 aromatic rings. The van der Waals surface area contributed by atoms with Crippen molar-refractivity contribution in [3.05, 3.63) is 77.7 Å². The molecule has 0 radical (unpaired) electrons. The molecule has 0 saturated heterocycles. The molecule has 1 heterocycles. The van der Waals surface area contributed by atoms with Gasteiger partial charge in [-0.25, -0.2) is 13.2 Å². The number of fused-ring (bicyclic) bond motifs is 3. The number of hydrogen-bond donors (Lipinski definition) is 1. The van der Waals surface area contributed by atoms with E-state index >= 15 is 0 Å². The van der Waals surface area contributed by atoms with E-state index in [1.54, 1.807) is 0 Å². The largest absolute Gasteiger partial charge is 0.484 e. The highest BCUT2D eigenvalue weighted by Crippen LogP contribution is 2.34. The normalized spacial score (nSPS) is 21.9. The first-order chi connectivity index (χ1) is 12.0. The molecular formula is C20H18F3NO. The molecule has 0 aliphatic carbocycles. The van der Waals surface area contributed by atoms with E-state index in [4.69, 9.17) is 10.5 Å². The van der Waals surface area contributed by atoms with Crippen molar-refractivity contribution in [2.24, 2.45) is 5.73 Å². The average molecular weight is 345 g/mol. The number of hydrogen-bond acceptors (Lipinski definition) is 2. The Morgan fingerprint density at radius 3 is 2.64 bits per heavy atom. The second-order valence-corrected chi connectivity index (χ2v) is 5.89. The maximum Gasteiger partial charge on any atom is 0.161 e. The summed E-state index contributed by atoms with van der Waals surface area (Å²) < 4.78 is 46.2. The molecule has 1 aliphatic rings. The fraction of sp³-hybridized carbons (Fsp3) is 0.200. The lowest BCUT2D eigenvalue weighted by Gasteiger charge is -2.30. The molecule has 0 fully saturated rings. The predicted octanol–water partition coefficient (Wildman–Crippen LogP) is 5.05. The first kappa shape index (κ1) is 17.3. The van der Waals surface area contributed by atoms with Gasteiger partial charge in [0.25, 0.3) is 0 Å². The van der Waals surface area contributed by atoms with Crippen molar-refractivity contribution >= 4 is 10.8 Å². The molecule has 0 amide bonds. The molecule has 0 aromatic heterocycles. The molecule has 1 aliphatic heterocycles. The SMILES string of the molecule is C\C=C(F)/C(F)=C\C(F)=C\C1Oc2ccc3ccccc3c2CC1N. The summed E-state index contributed by atoms with van der Waals surface area (Å²) in [7, 11) is 0. The highest BCUT2D eigenvalue weighted by atomic mass is 19.2. The zero-order valence-corrected chi connectivity index (χ0v) is 13.7. The van der Waals surface area contributed by atoms with Crippen LogP contribution in [0.3, 0.4) is 0 Å². The lowest BCUT2D eigenvalue weighted by molar-refractivity contribution is 0.193. The summed E-state index contributed by atoms with van der Waals surface area (Å²) in [4.78, 5) is 0. The monoisotopic (exact) mass is 345 g/mol. The van der Waals surface area contributed by atoms with E-state index in [0.717, 1.165) is 28.5 Å². The molecule has 2 nitrogen and oxygen atoms in total. The molecule has 0 spiro atoms. The van der Waals surface area contributed by atoms with Crippen LogP contribution in [0.4, 0.5) is 13.2 Å². The van der Waals surface area contributed by atoms with Gasteiger partial charge in [0.1, 0.15) is 17.7 Å². The van der Waals surface area contributed by atoms with Gasteiger partial charge in [0, 0.05) is 17.7 Å². The van der Waals surface area contributed by atoms with Crippen LogP contribution in [0.2, 0.25) is 0 Å². The fourth-order valence-electron chi connectivity index (χ4n) is 2.91. The number of nitrogens with two attached hydrogens (primary N) is 1. The minimum absolute atomic E-state index is 0.487. The minimum Gasteiger partial charge on any atom is -0.484 e. The number of ether oxygens (including phenoxy) is 1. The van der Waals surface area contributed by atoms with E-state index < -0.39 is 29.6 Å². The average Bonchev–Trinajstić information content (AvgIpc) is 2.61. The van der Waals surface area contributed by atoms with E-state index in [2.05, 4.69) is 0 Å². The van der Waals surface area contributed by atoms with Crippen molar-refractivity contribution in [3.63, 3.8) is 0 Å². The van der Waals surface area contributed by atoms with Crippen molar-refractivity contribution in [2.45, 2.75) is 25.5 Å². The molecule has 2 atom stereocenters. The highest BCUT2D eigenvalue weighted by Gasteiger charge is 2.27. The second-order valence-electron chi connectivity index (χ2n) is 5.89. The molecule has 25 heavy (non-hydrogen) atoms. The van der Waals surface area contributed by atoms with Gasteiger partial charge in [0.2, 0.25) is 0 Å². The zero-order valence-electron chi connectivity index (χ0n) is 13.7. The van der Waals surface area contributed by atoms with Crippen LogP contribution in [0.5, 0.6) is 5.75 Å². The van der Waals surface area contributed by atoms with Crippen LogP contribution in [0, 0.1) is 0 Å². The van der Waals surface area contributed by atoms with Crippen LogP contribution in [0.25, 0.3) is 10.8 Å². The lowest BCUT2D eigenvalue weighted by Crippen LogP contribution is -2.42. The summed E-state index contributed by atoms with van der Waals surface area (Å²) in [5, 5.41) is 2.11. The zero-order chi connectivity index (χ0) is 18.0. The lowest BCUT2D eigenvalue weighted by atomic mass is 9.93. The molecule has 130 valence electrons. The van der Waals surface area contributed by atoms with Gasteiger partial charge in [0.05, 0.1) is 0 Å². The van der Waals surface area contributed by atoms with Crippen molar-refractivity contribution < 1.29 is 17.9 Å². The summed E-state index contributed by atoms with van der Waals surface area (Å²) in [5.41, 5.74) is 7.08. The Morgan fingerprint density at radius 2 is 1.88 bits per heavy atom. The molecule has 3 rings (SSSR count). The van der Waals surface area contributed by atoms with Crippen molar-refractivity contribution in [2.75, 3.05) is 0 Å². The van der Waals surface area contributed by atoms with Gasteiger partial charge in [-0.3, -0.25) is 0 Å². The molecule has 5 heteroatoms. The standard InChI is InChI=1S/C20H18F3NO/c1-2-16(22)17(23)9-13(21)10-20-18(24)11-15-14-6-4-3-5-12(14)7-8-19(15)25-20/h2-10,18,20H,11,24H2,1H3/b13-10-,16-2+,17-9+. The van der Waals surface area contributed by atoms with E-state index in [1.807, 2.05) is 36.4 Å². The summed E-state index contributed by atoms with van der Waals surface area (Å²) in [6.07, 6.45) is 2.22. The third-order valence-electron chi connectivity index (χ3n) is 4.19. The molecule has 2 unspecified atom stereocenters. The number of benzene rings is 2. The fourth-order valence-corrected chi connectivity index (χ4v) is 2.91. The van der Waals surface area contributed by atoms with Crippen LogP contribution < -0.4 is 10.5 Å². The van der Waals surface area contributed by atoms with Gasteiger partial charge in [-0.2, -0.15) is 0 Å². The van der Waals surface area contributed by atoms with E-state index in [1.165, 1.54) is 6.92 Å². The van der Waals surface area contributed by atoms with Gasteiger partial charge in [0.15, 0.2) is 11.7 Å². The summed E-state index contributed by atoms with van der Waals surface area (Å²) in [6.45, 7) is 1.33. The third-order valence-corrected chi connectivity index (χ3v) is 4.19. The van der Waals surface area contributed by atoms with Crippen LogP contribution >= 0.6 is 0 Å². The first-order valence-electron chi connectivity index (χ1n) is 7.99. The van der Waals surface area contributed by atoms with Crippen molar-refractivity contribution in [1.29, 1.82) is 0 Å². The van der Waals surface area contributed by atoms with Crippen LogP contribution in [-0.2, 0) is 6.42 Å². The Kier molecular flexibility index (Phi) is 4.95. The van der Waals surface area contributed by atoms with Crippen molar-refractivity contribution in [3.8, 4) is 5.75 Å². The molecule has 0 bridgehead atoms. The van der Waals surface area contributed by atoms with Crippen LogP contribution in [0.1, 0.15) is 12.5 Å². The Labute approximate surface area is 144 Å². The first-order valence-corrected chi connectivity index (χ1v) is 7.99. The summed E-state index contributed by atoms with van der Waals surface area (Å²) in [5.74, 6) is -2.70. The molecule has 0 saturated carbocycles. The van der Waals surface area contributed by atoms with Crippen LogP contribution in [-0.4, -0.2) is 12.1 Å². The van der Waals surface area contributed by atoms with E-state index in [-0.39, 0.29) is 0 Å². The number of allylic oxidation sites excluding steroid dienone is 5. The Bertz CT molecular complexity index is 886. The van der Waals surface area contributed by atoms with Gasteiger partial charge in [-0.05, 0) is 42.3 Å². The third kappa shape index (κ3) is 3.61. The van der Waals surface area contributed by atoms with Gasteiger partial charge in [-0.15, -0.1) is 0 Å². The molecule has 2 aromatic carbocycles. The maximum atomic E-state index is 14.0. The quantitative estimate of drug-likeness (QED) is 0.790.